The van der Waals surface area contributed by atoms with Crippen molar-refractivity contribution in [3.63, 3.8) is 0 Å². The maximum atomic E-state index is 5.33. The molecule has 8 aromatic carbocycles. The van der Waals surface area contributed by atoms with E-state index in [4.69, 9.17) is 9.97 Å². The van der Waals surface area contributed by atoms with Crippen molar-refractivity contribution in [1.29, 1.82) is 0 Å². The van der Waals surface area contributed by atoms with E-state index in [1.165, 1.54) is 43.4 Å². The van der Waals surface area contributed by atoms with Crippen LogP contribution in [0.1, 0.15) is 0 Å². The normalized spacial score (nSPS) is 12.0. The van der Waals surface area contributed by atoms with Crippen molar-refractivity contribution >= 4 is 76.3 Å². The largest absolute Gasteiger partial charge is 0.309 e. The highest BCUT2D eigenvalue weighted by Crippen LogP contribution is 2.43. The average molecular weight is 702 g/mol. The number of para-hydroxylation sites is 5. The molecule has 0 aliphatic carbocycles. The van der Waals surface area contributed by atoms with Gasteiger partial charge in [0.25, 0.3) is 0 Å². The summed E-state index contributed by atoms with van der Waals surface area (Å²) in [6.45, 7) is 0. The Morgan fingerprint density at radius 2 is 0.764 bits per heavy atom. The Labute approximate surface area is 315 Å². The van der Waals surface area contributed by atoms with E-state index in [1.54, 1.807) is 0 Å². The molecule has 256 valence electrons. The third-order valence-corrected chi connectivity index (χ3v) is 11.2. The summed E-state index contributed by atoms with van der Waals surface area (Å²) in [7, 11) is 0. The molecule has 5 heteroatoms. The van der Waals surface area contributed by atoms with Gasteiger partial charge in [-0.15, -0.1) is 0 Å². The summed E-state index contributed by atoms with van der Waals surface area (Å²) in [5.74, 6) is 0.658. The van der Waals surface area contributed by atoms with Crippen LogP contribution in [0.15, 0.2) is 188 Å². The molecule has 0 N–H and O–H groups in total. The Bertz CT molecular complexity index is 3440. The third-order valence-electron chi connectivity index (χ3n) is 11.2. The summed E-state index contributed by atoms with van der Waals surface area (Å²) in [5, 5.41) is 8.33. The summed E-state index contributed by atoms with van der Waals surface area (Å²) in [6, 6.07) is 67.1. The van der Waals surface area contributed by atoms with Crippen molar-refractivity contribution in [1.82, 2.24) is 23.7 Å². The first kappa shape index (κ1) is 30.0. The molecule has 0 radical (unpaired) electrons. The fraction of sp³-hybridized carbons (Fsp3) is 0. The molecule has 0 fully saturated rings. The van der Waals surface area contributed by atoms with Gasteiger partial charge in [0.1, 0.15) is 0 Å². The van der Waals surface area contributed by atoms with Crippen molar-refractivity contribution in [2.24, 2.45) is 0 Å². The summed E-state index contributed by atoms with van der Waals surface area (Å²) in [5.41, 5.74) is 12.0. The quantitative estimate of drug-likeness (QED) is 0.183. The van der Waals surface area contributed by atoms with Crippen molar-refractivity contribution in [2.45, 2.75) is 0 Å². The van der Waals surface area contributed by atoms with E-state index < -0.39 is 0 Å². The molecule has 12 aromatic rings. The minimum absolute atomic E-state index is 0.658. The van der Waals surface area contributed by atoms with Crippen LogP contribution >= 0.6 is 0 Å². The van der Waals surface area contributed by atoms with Gasteiger partial charge < -0.3 is 9.13 Å². The average Bonchev–Trinajstić information content (AvgIpc) is 3.89. The topological polar surface area (TPSA) is 40.6 Å². The van der Waals surface area contributed by atoms with Gasteiger partial charge in [0.2, 0.25) is 5.95 Å². The first-order valence-electron chi connectivity index (χ1n) is 18.7. The van der Waals surface area contributed by atoms with Gasteiger partial charge in [-0.1, -0.05) is 127 Å². The maximum Gasteiger partial charge on any atom is 0.235 e. The molecule has 0 atom stereocenters. The van der Waals surface area contributed by atoms with Crippen LogP contribution in [0.4, 0.5) is 0 Å². The molecular weight excluding hydrogens is 671 g/mol. The van der Waals surface area contributed by atoms with E-state index >= 15 is 0 Å². The Morgan fingerprint density at radius 3 is 1.38 bits per heavy atom. The fourth-order valence-electron chi connectivity index (χ4n) is 8.96. The van der Waals surface area contributed by atoms with Gasteiger partial charge in [-0.05, 0) is 60.7 Å². The smallest absolute Gasteiger partial charge is 0.235 e. The minimum Gasteiger partial charge on any atom is -0.309 e. The van der Waals surface area contributed by atoms with Crippen LogP contribution in [0.5, 0.6) is 0 Å². The lowest BCUT2D eigenvalue weighted by Gasteiger charge is -2.13. The zero-order chi connectivity index (χ0) is 36.0. The second kappa shape index (κ2) is 11.5. The van der Waals surface area contributed by atoms with Gasteiger partial charge in [-0.3, -0.25) is 4.57 Å². The molecule has 0 bridgehead atoms. The van der Waals surface area contributed by atoms with Gasteiger partial charge in [0.05, 0.1) is 44.3 Å². The molecule has 12 rings (SSSR count). The number of rotatable bonds is 4. The highest BCUT2D eigenvalue weighted by molar-refractivity contribution is 6.29. The monoisotopic (exact) mass is 701 g/mol. The Kier molecular flexibility index (Phi) is 6.27. The number of hydrogen-bond donors (Lipinski definition) is 0. The lowest BCUT2D eigenvalue weighted by atomic mass is 10.1. The number of hydrogen-bond acceptors (Lipinski definition) is 2. The molecule has 0 aliphatic rings. The molecule has 0 saturated heterocycles. The van der Waals surface area contributed by atoms with Gasteiger partial charge in [-0.25, -0.2) is 9.97 Å². The lowest BCUT2D eigenvalue weighted by molar-refractivity contribution is 1.01. The predicted molar refractivity (Wildman–Crippen MR) is 228 cm³/mol. The number of aromatic nitrogens is 5. The van der Waals surface area contributed by atoms with E-state index in [1.807, 2.05) is 6.07 Å². The molecule has 0 amide bonds. The zero-order valence-electron chi connectivity index (χ0n) is 29.6. The SMILES string of the molecule is c1ccc(-c2nc(-n3c4ccccc4c4c5c6ccccc6n(-c6cccc(-n7c8ccccc8c8ccccc87)c6)c5ccc43)nc3ccccc23)cc1. The highest BCUT2D eigenvalue weighted by atomic mass is 15.2. The summed E-state index contributed by atoms with van der Waals surface area (Å²) >= 11 is 0. The van der Waals surface area contributed by atoms with Crippen LogP contribution in [-0.4, -0.2) is 23.7 Å². The lowest BCUT2D eigenvalue weighted by Crippen LogP contribution is -2.03. The molecule has 4 aromatic heterocycles. The summed E-state index contributed by atoms with van der Waals surface area (Å²) in [4.78, 5) is 10.6. The third kappa shape index (κ3) is 4.29. The van der Waals surface area contributed by atoms with E-state index in [0.29, 0.717) is 5.95 Å². The van der Waals surface area contributed by atoms with Crippen LogP contribution in [0.3, 0.4) is 0 Å². The first-order chi connectivity index (χ1) is 27.3. The Hall–Kier alpha value is -7.50. The van der Waals surface area contributed by atoms with Crippen LogP contribution in [0.2, 0.25) is 0 Å². The molecule has 4 heterocycles. The van der Waals surface area contributed by atoms with Crippen LogP contribution in [0.25, 0.3) is 105 Å². The molecule has 5 nitrogen and oxygen atoms in total. The second-order valence-corrected chi connectivity index (χ2v) is 14.2. The predicted octanol–water partition coefficient (Wildman–Crippen LogP) is 12.6. The Morgan fingerprint density at radius 1 is 0.309 bits per heavy atom. The van der Waals surface area contributed by atoms with E-state index in [-0.39, 0.29) is 0 Å². The maximum absolute atomic E-state index is 5.33. The van der Waals surface area contributed by atoms with Gasteiger partial charge >= 0.3 is 0 Å². The summed E-state index contributed by atoms with van der Waals surface area (Å²) < 4.78 is 7.06. The second-order valence-electron chi connectivity index (χ2n) is 14.2. The molecule has 0 saturated carbocycles. The fourth-order valence-corrected chi connectivity index (χ4v) is 8.96. The minimum atomic E-state index is 0.658. The van der Waals surface area contributed by atoms with Crippen molar-refractivity contribution in [3.8, 4) is 28.6 Å². The zero-order valence-corrected chi connectivity index (χ0v) is 29.6. The standard InChI is InChI=1S/C50H31N5/c1-2-15-32(16-3-1)49-37-21-4-9-24-40(37)51-50(52-49)55-44-28-13-8-23-39(44)48-46(55)30-29-45-47(48)38-22-7-12-27-43(38)54(45)34-18-14-17-33(31-34)53-41-25-10-5-19-35(41)36-20-6-11-26-42(36)53/h1-31H. The number of fused-ring (bicyclic) bond motifs is 11. The van der Waals surface area contributed by atoms with Crippen molar-refractivity contribution in [3.05, 3.63) is 188 Å². The van der Waals surface area contributed by atoms with Crippen molar-refractivity contribution in [2.75, 3.05) is 0 Å². The van der Waals surface area contributed by atoms with Gasteiger partial charge in [0, 0.05) is 54.6 Å². The van der Waals surface area contributed by atoms with Crippen LogP contribution < -0.4 is 0 Å². The van der Waals surface area contributed by atoms with Crippen LogP contribution in [0, 0.1) is 0 Å². The van der Waals surface area contributed by atoms with Gasteiger partial charge in [-0.2, -0.15) is 0 Å². The van der Waals surface area contributed by atoms with Crippen molar-refractivity contribution < 1.29 is 0 Å². The number of benzene rings is 8. The first-order valence-corrected chi connectivity index (χ1v) is 18.7. The molecule has 55 heavy (non-hydrogen) atoms. The van der Waals surface area contributed by atoms with E-state index in [0.717, 1.165) is 55.6 Å². The Balaban J connectivity index is 1.14. The highest BCUT2D eigenvalue weighted by Gasteiger charge is 2.22. The number of nitrogens with zero attached hydrogens (tertiary/aromatic N) is 5. The van der Waals surface area contributed by atoms with E-state index in [2.05, 4.69) is 196 Å². The molecule has 0 spiro atoms. The van der Waals surface area contributed by atoms with Crippen LogP contribution in [-0.2, 0) is 0 Å². The molecule has 0 aliphatic heterocycles. The van der Waals surface area contributed by atoms with Gasteiger partial charge in [0.15, 0.2) is 0 Å². The van der Waals surface area contributed by atoms with E-state index in [9.17, 15) is 0 Å². The molecule has 0 unspecified atom stereocenters. The summed E-state index contributed by atoms with van der Waals surface area (Å²) in [6.07, 6.45) is 0. The molecular formula is C50H31N5.